The fourth-order valence-electron chi connectivity index (χ4n) is 1.80. The standard InChI is InChI=1S/C13H10N8O3S/c22-12(8-3-1-2-4-14-8)20-19-11-9(21(23)24)10(16-7-17-11)18-13-15-5-6-25-13/h1-7H,(H,20,22)(H2,15,16,17,18,19). The lowest BCUT2D eigenvalue weighted by Gasteiger charge is -2.09. The number of carbonyl (C=O) groups excluding carboxylic acids is 1. The molecular weight excluding hydrogens is 348 g/mol. The molecule has 1 amide bonds. The third-order valence-electron chi connectivity index (χ3n) is 2.85. The average molecular weight is 358 g/mol. The minimum atomic E-state index is -0.662. The summed E-state index contributed by atoms with van der Waals surface area (Å²) in [6.45, 7) is 0. The molecule has 0 bridgehead atoms. The number of nitrogens with zero attached hydrogens (tertiary/aromatic N) is 5. The zero-order valence-electron chi connectivity index (χ0n) is 12.4. The number of anilines is 3. The van der Waals surface area contributed by atoms with Gasteiger partial charge in [-0.3, -0.25) is 30.7 Å². The first kappa shape index (κ1) is 16.2. The number of nitro groups is 1. The number of carbonyl (C=O) groups is 1. The van der Waals surface area contributed by atoms with E-state index in [1.165, 1.54) is 23.6 Å². The second-order valence-electron chi connectivity index (χ2n) is 4.43. The Hall–Kier alpha value is -3.67. The number of hydrogen-bond donors (Lipinski definition) is 3. The molecule has 0 aliphatic carbocycles. The average Bonchev–Trinajstić information content (AvgIpc) is 3.13. The van der Waals surface area contributed by atoms with Crippen LogP contribution in [0.3, 0.4) is 0 Å². The van der Waals surface area contributed by atoms with Crippen molar-refractivity contribution in [3.05, 3.63) is 58.1 Å². The van der Waals surface area contributed by atoms with E-state index < -0.39 is 16.5 Å². The summed E-state index contributed by atoms with van der Waals surface area (Å²) >= 11 is 1.26. The number of rotatable bonds is 6. The van der Waals surface area contributed by atoms with Crippen molar-refractivity contribution < 1.29 is 9.72 Å². The van der Waals surface area contributed by atoms with E-state index in [1.54, 1.807) is 23.7 Å². The Morgan fingerprint density at radius 1 is 1.12 bits per heavy atom. The molecule has 0 atom stereocenters. The van der Waals surface area contributed by atoms with Crippen molar-refractivity contribution >= 4 is 39.7 Å². The van der Waals surface area contributed by atoms with Gasteiger partial charge in [0, 0.05) is 17.8 Å². The summed E-state index contributed by atoms with van der Waals surface area (Å²) in [5.41, 5.74) is 4.45. The quantitative estimate of drug-likeness (QED) is 0.442. The molecule has 3 heterocycles. The molecule has 0 aromatic carbocycles. The smallest absolute Gasteiger partial charge is 0.310 e. The molecule has 0 aliphatic rings. The molecule has 0 radical (unpaired) electrons. The third kappa shape index (κ3) is 3.81. The van der Waals surface area contributed by atoms with Crippen LogP contribution in [0.2, 0.25) is 0 Å². The molecular formula is C13H10N8O3S. The molecule has 126 valence electrons. The van der Waals surface area contributed by atoms with Gasteiger partial charge in [0.05, 0.1) is 4.92 Å². The van der Waals surface area contributed by atoms with Crippen LogP contribution < -0.4 is 16.2 Å². The number of thiazole rings is 1. The summed E-state index contributed by atoms with van der Waals surface area (Å²) in [6, 6.07) is 4.81. The second-order valence-corrected chi connectivity index (χ2v) is 5.33. The number of hydrogen-bond acceptors (Lipinski definition) is 10. The van der Waals surface area contributed by atoms with Crippen molar-refractivity contribution in [2.75, 3.05) is 10.7 Å². The molecule has 3 aromatic rings. The highest BCUT2D eigenvalue weighted by atomic mass is 32.1. The molecule has 0 spiro atoms. The van der Waals surface area contributed by atoms with Crippen molar-refractivity contribution in [2.24, 2.45) is 0 Å². The number of aromatic nitrogens is 4. The Morgan fingerprint density at radius 3 is 2.64 bits per heavy atom. The van der Waals surface area contributed by atoms with Crippen LogP contribution in [-0.4, -0.2) is 30.8 Å². The van der Waals surface area contributed by atoms with Crippen molar-refractivity contribution in [2.45, 2.75) is 0 Å². The Labute approximate surface area is 144 Å². The van der Waals surface area contributed by atoms with Gasteiger partial charge < -0.3 is 5.32 Å². The summed E-state index contributed by atoms with van der Waals surface area (Å²) in [5.74, 6) is -0.796. The fraction of sp³-hybridized carbons (Fsp3) is 0. The monoisotopic (exact) mass is 358 g/mol. The van der Waals surface area contributed by atoms with Gasteiger partial charge in [-0.05, 0) is 12.1 Å². The maximum Gasteiger partial charge on any atom is 0.355 e. The van der Waals surface area contributed by atoms with Crippen LogP contribution in [-0.2, 0) is 0 Å². The van der Waals surface area contributed by atoms with Crippen molar-refractivity contribution in [1.82, 2.24) is 25.4 Å². The molecule has 11 nitrogen and oxygen atoms in total. The van der Waals surface area contributed by atoms with E-state index in [4.69, 9.17) is 0 Å². The molecule has 12 heteroatoms. The predicted molar refractivity (Wildman–Crippen MR) is 89.4 cm³/mol. The Kier molecular flexibility index (Phi) is 4.71. The van der Waals surface area contributed by atoms with Crippen LogP contribution in [0.25, 0.3) is 0 Å². The van der Waals surface area contributed by atoms with Crippen LogP contribution in [0.5, 0.6) is 0 Å². The molecule has 0 saturated heterocycles. The number of hydrazine groups is 1. The van der Waals surface area contributed by atoms with Crippen LogP contribution in [0.15, 0.2) is 42.3 Å². The molecule has 3 N–H and O–H groups in total. The van der Waals surface area contributed by atoms with Gasteiger partial charge in [0.1, 0.15) is 12.0 Å². The van der Waals surface area contributed by atoms with Crippen molar-refractivity contribution in [3.63, 3.8) is 0 Å². The Bertz CT molecular complexity index is 888. The topological polar surface area (TPSA) is 148 Å². The van der Waals surface area contributed by atoms with Crippen LogP contribution >= 0.6 is 11.3 Å². The summed E-state index contributed by atoms with van der Waals surface area (Å²) < 4.78 is 0. The Morgan fingerprint density at radius 2 is 1.96 bits per heavy atom. The first-order chi connectivity index (χ1) is 12.1. The predicted octanol–water partition coefficient (Wildman–Crippen LogP) is 1.74. The number of amides is 1. The highest BCUT2D eigenvalue weighted by Gasteiger charge is 2.24. The van der Waals surface area contributed by atoms with E-state index in [0.29, 0.717) is 5.13 Å². The van der Waals surface area contributed by atoms with E-state index in [2.05, 4.69) is 36.1 Å². The van der Waals surface area contributed by atoms with Gasteiger partial charge in [-0.25, -0.2) is 15.0 Å². The van der Waals surface area contributed by atoms with Gasteiger partial charge in [-0.15, -0.1) is 11.3 Å². The zero-order chi connectivity index (χ0) is 17.6. The van der Waals surface area contributed by atoms with Gasteiger partial charge in [0.25, 0.3) is 5.91 Å². The SMILES string of the molecule is O=C(NNc1ncnc(Nc2nccs2)c1[N+](=O)[O-])c1ccccn1. The molecule has 0 unspecified atom stereocenters. The molecule has 3 aromatic heterocycles. The number of pyridine rings is 1. The second kappa shape index (κ2) is 7.27. The summed E-state index contributed by atoms with van der Waals surface area (Å²) in [6.07, 6.45) is 4.13. The highest BCUT2D eigenvalue weighted by Crippen LogP contribution is 2.31. The molecule has 25 heavy (non-hydrogen) atoms. The summed E-state index contributed by atoms with van der Waals surface area (Å²) in [4.78, 5) is 38.2. The number of nitrogens with one attached hydrogen (secondary N) is 3. The lowest BCUT2D eigenvalue weighted by atomic mass is 10.3. The maximum atomic E-state index is 12.0. The van der Waals surface area contributed by atoms with E-state index in [0.717, 1.165) is 6.33 Å². The zero-order valence-corrected chi connectivity index (χ0v) is 13.2. The maximum absolute atomic E-state index is 12.0. The van der Waals surface area contributed by atoms with Crippen LogP contribution in [0.1, 0.15) is 10.5 Å². The van der Waals surface area contributed by atoms with Gasteiger partial charge in [-0.1, -0.05) is 6.07 Å². The minimum absolute atomic E-state index is 0.0514. The van der Waals surface area contributed by atoms with Crippen molar-refractivity contribution in [3.8, 4) is 0 Å². The summed E-state index contributed by atoms with van der Waals surface area (Å²) in [7, 11) is 0. The van der Waals surface area contributed by atoms with Gasteiger partial charge >= 0.3 is 5.69 Å². The third-order valence-corrected chi connectivity index (χ3v) is 3.54. The minimum Gasteiger partial charge on any atom is -0.310 e. The van der Waals surface area contributed by atoms with Gasteiger partial charge in [-0.2, -0.15) is 0 Å². The van der Waals surface area contributed by atoms with Crippen LogP contribution in [0, 0.1) is 10.1 Å². The molecule has 3 rings (SSSR count). The van der Waals surface area contributed by atoms with Gasteiger partial charge in [0.2, 0.25) is 11.6 Å². The van der Waals surface area contributed by atoms with Crippen molar-refractivity contribution in [1.29, 1.82) is 0 Å². The fourth-order valence-corrected chi connectivity index (χ4v) is 2.33. The Balaban J connectivity index is 1.81. The largest absolute Gasteiger partial charge is 0.355 e. The lowest BCUT2D eigenvalue weighted by Crippen LogP contribution is -2.31. The first-order valence-corrected chi connectivity index (χ1v) is 7.66. The normalized spacial score (nSPS) is 10.1. The summed E-state index contributed by atoms with van der Waals surface area (Å²) in [5, 5.41) is 16.3. The molecule has 0 saturated carbocycles. The van der Waals surface area contributed by atoms with Crippen LogP contribution in [0.4, 0.5) is 22.5 Å². The lowest BCUT2D eigenvalue weighted by molar-refractivity contribution is -0.383. The molecule has 0 aliphatic heterocycles. The van der Waals surface area contributed by atoms with E-state index >= 15 is 0 Å². The molecule has 0 fully saturated rings. The van der Waals surface area contributed by atoms with Gasteiger partial charge in [0.15, 0.2) is 5.13 Å². The van der Waals surface area contributed by atoms with E-state index in [9.17, 15) is 14.9 Å². The van der Waals surface area contributed by atoms with E-state index in [-0.39, 0.29) is 17.3 Å². The highest BCUT2D eigenvalue weighted by molar-refractivity contribution is 7.13. The first-order valence-electron chi connectivity index (χ1n) is 6.78. The van der Waals surface area contributed by atoms with E-state index in [1.807, 2.05) is 0 Å².